The van der Waals surface area contributed by atoms with Crippen LogP contribution in [0.25, 0.3) is 33.5 Å². The first-order valence-electron chi connectivity index (χ1n) is 21.4. The molecular formula is C46H50ClN9O6S. The number of nitrogens with zero attached hydrogens (tertiary/aromatic N) is 6. The van der Waals surface area contributed by atoms with Gasteiger partial charge in [0.05, 0.1) is 26.6 Å². The Kier molecular flexibility index (Phi) is 11.7. The molecule has 0 atom stereocenters. The monoisotopic (exact) mass is 891 g/mol. The minimum Gasteiger partial charge on any atom is -0.381 e. The maximum Gasteiger partial charge on any atom is 0.293 e. The SMILES string of the molecule is CC1(C)CCC(CN2CCN(c3ccc(C(=O)NS(=O)(=O)c4ccc(NCC5CCOCC5)c([N+](=O)[O-])c4)c(-n4cnc5nc6[nH]ccc6cc54)c3)CC2)=C(c2ccc(Cl)cc2)C1. The van der Waals surface area contributed by atoms with Crippen LogP contribution in [0, 0.1) is 21.4 Å². The van der Waals surface area contributed by atoms with E-state index >= 15 is 0 Å². The number of allylic oxidation sites excluding steroid dienone is 1. The van der Waals surface area contributed by atoms with Crippen LogP contribution >= 0.6 is 11.6 Å². The number of H-pyrrole nitrogens is 1. The van der Waals surface area contributed by atoms with Gasteiger partial charge in [-0.15, -0.1) is 0 Å². The highest BCUT2D eigenvalue weighted by atomic mass is 35.5. The molecule has 0 radical (unpaired) electrons. The van der Waals surface area contributed by atoms with Gasteiger partial charge in [-0.1, -0.05) is 43.2 Å². The topological polar surface area (TPSA) is 181 Å². The number of piperazine rings is 1. The van der Waals surface area contributed by atoms with Gasteiger partial charge < -0.3 is 19.9 Å². The minimum absolute atomic E-state index is 0.0700. The van der Waals surface area contributed by atoms with Crippen molar-refractivity contribution in [2.45, 2.75) is 50.8 Å². The number of sulfonamides is 1. The van der Waals surface area contributed by atoms with Crippen molar-refractivity contribution in [3.05, 3.63) is 117 Å². The van der Waals surface area contributed by atoms with Crippen LogP contribution in [0.15, 0.2) is 95.8 Å². The van der Waals surface area contributed by atoms with Gasteiger partial charge in [-0.3, -0.25) is 24.4 Å². The van der Waals surface area contributed by atoms with Crippen molar-refractivity contribution in [1.82, 2.24) is 29.1 Å². The Labute approximate surface area is 370 Å². The average Bonchev–Trinajstić information content (AvgIpc) is 3.92. The van der Waals surface area contributed by atoms with Gasteiger partial charge >= 0.3 is 0 Å². The first-order valence-corrected chi connectivity index (χ1v) is 23.2. The Hall–Kier alpha value is -5.81. The van der Waals surface area contributed by atoms with Crippen LogP contribution in [0.3, 0.4) is 0 Å². The predicted octanol–water partition coefficient (Wildman–Crippen LogP) is 8.21. The molecule has 3 aliphatic rings. The fourth-order valence-corrected chi connectivity index (χ4v) is 10.1. The van der Waals surface area contributed by atoms with Gasteiger partial charge in [-0.05, 0) is 109 Å². The lowest BCUT2D eigenvalue weighted by Crippen LogP contribution is -2.47. The standard InChI is InChI=1S/C46H50ClN9O6S/c1-46(2)15-11-33(38(26-46)31-3-5-34(47)6-4-31)28-53-17-19-54(20-18-53)35-7-9-37(40(24-35)55-29-50-44-42(55)23-32-12-16-48-43(32)51-44)45(57)52-63(60,61)36-8-10-39(41(25-36)56(58)59)49-27-30-13-21-62-22-14-30/h3-10,12,16,23-25,29-30,49H,11,13-15,17-22,26-28H2,1-2H3,(H,48,51)(H,52,57). The van der Waals surface area contributed by atoms with E-state index in [0.29, 0.717) is 42.3 Å². The second-order valence-electron chi connectivity index (χ2n) is 17.6. The normalized spacial score (nSPS) is 17.7. The number of hydrogen-bond acceptors (Lipinski definition) is 11. The van der Waals surface area contributed by atoms with Gasteiger partial charge in [-0.2, -0.15) is 0 Å². The number of nitro groups is 1. The van der Waals surface area contributed by atoms with Crippen LogP contribution in [0.5, 0.6) is 0 Å². The van der Waals surface area contributed by atoms with Crippen molar-refractivity contribution in [2.75, 3.05) is 62.7 Å². The zero-order valence-corrected chi connectivity index (χ0v) is 36.8. The average molecular weight is 892 g/mol. The molecule has 2 saturated heterocycles. The van der Waals surface area contributed by atoms with E-state index in [1.54, 1.807) is 23.2 Å². The minimum atomic E-state index is -4.56. The molecule has 0 saturated carbocycles. The molecule has 3 N–H and O–H groups in total. The number of pyridine rings is 1. The fraction of sp³-hybridized carbons (Fsp3) is 0.370. The van der Waals surface area contributed by atoms with Crippen LogP contribution in [-0.2, 0) is 14.8 Å². The summed E-state index contributed by atoms with van der Waals surface area (Å²) in [4.78, 5) is 42.4. The molecule has 17 heteroatoms. The Morgan fingerprint density at radius 2 is 1.79 bits per heavy atom. The third-order valence-electron chi connectivity index (χ3n) is 12.7. The third kappa shape index (κ3) is 9.16. The highest BCUT2D eigenvalue weighted by Gasteiger charge is 2.31. The number of amides is 1. The van der Waals surface area contributed by atoms with Crippen molar-refractivity contribution >= 4 is 72.4 Å². The molecule has 2 fully saturated rings. The maximum absolute atomic E-state index is 14.2. The van der Waals surface area contributed by atoms with Crippen LogP contribution in [0.1, 0.15) is 61.9 Å². The molecule has 0 unspecified atom stereocenters. The number of nitrogens with one attached hydrogen (secondary N) is 3. The lowest BCUT2D eigenvalue weighted by Gasteiger charge is -2.39. The van der Waals surface area contributed by atoms with Gasteiger partial charge in [0, 0.05) is 80.8 Å². The van der Waals surface area contributed by atoms with Crippen molar-refractivity contribution in [3.63, 3.8) is 0 Å². The predicted molar refractivity (Wildman–Crippen MR) is 245 cm³/mol. The van der Waals surface area contributed by atoms with Gasteiger partial charge in [0.1, 0.15) is 17.7 Å². The number of halogens is 1. The van der Waals surface area contributed by atoms with Crippen molar-refractivity contribution in [2.24, 2.45) is 11.3 Å². The smallest absolute Gasteiger partial charge is 0.293 e. The Balaban J connectivity index is 0.976. The number of rotatable bonds is 12. The van der Waals surface area contributed by atoms with Crippen LogP contribution in [0.4, 0.5) is 17.1 Å². The van der Waals surface area contributed by atoms with E-state index in [1.165, 1.54) is 28.8 Å². The van der Waals surface area contributed by atoms with Gasteiger partial charge in [0.2, 0.25) is 0 Å². The summed E-state index contributed by atoms with van der Waals surface area (Å²) in [7, 11) is -4.56. The molecule has 1 aliphatic carbocycles. The van der Waals surface area contributed by atoms with E-state index in [1.807, 2.05) is 36.4 Å². The number of imidazole rings is 1. The van der Waals surface area contributed by atoms with Crippen molar-refractivity contribution in [1.29, 1.82) is 0 Å². The van der Waals surface area contributed by atoms with E-state index < -0.39 is 31.4 Å². The summed E-state index contributed by atoms with van der Waals surface area (Å²) < 4.78 is 37.0. The zero-order valence-electron chi connectivity index (χ0n) is 35.3. The summed E-state index contributed by atoms with van der Waals surface area (Å²) in [6, 6.07) is 20.9. The lowest BCUT2D eigenvalue weighted by molar-refractivity contribution is -0.384. The molecule has 3 aromatic carbocycles. The molecular weight excluding hydrogens is 842 g/mol. The first kappa shape index (κ1) is 42.5. The third-order valence-corrected chi connectivity index (χ3v) is 14.3. The summed E-state index contributed by atoms with van der Waals surface area (Å²) in [5, 5.41) is 16.8. The number of hydrogen-bond donors (Lipinski definition) is 3. The number of anilines is 2. The molecule has 9 rings (SSSR count). The highest BCUT2D eigenvalue weighted by molar-refractivity contribution is 7.90. The molecule has 15 nitrogen and oxygen atoms in total. The number of carbonyl (C=O) groups excluding carboxylic acids is 1. The molecule has 3 aromatic heterocycles. The molecule has 1 amide bonds. The number of aromatic amines is 1. The van der Waals surface area contributed by atoms with Crippen molar-refractivity contribution in [3.8, 4) is 5.69 Å². The molecule has 63 heavy (non-hydrogen) atoms. The number of fused-ring (bicyclic) bond motifs is 2. The second kappa shape index (κ2) is 17.4. The molecule has 0 spiro atoms. The summed E-state index contributed by atoms with van der Waals surface area (Å²) in [6.45, 7) is 10.4. The van der Waals surface area contributed by atoms with E-state index in [2.05, 4.69) is 60.8 Å². The maximum atomic E-state index is 14.2. The van der Waals surface area contributed by atoms with Gasteiger partial charge in [-0.25, -0.2) is 23.1 Å². The fourth-order valence-electron chi connectivity index (χ4n) is 9.03. The highest BCUT2D eigenvalue weighted by Crippen LogP contribution is 2.43. The summed E-state index contributed by atoms with van der Waals surface area (Å²) in [6.07, 6.45) is 8.21. The summed E-state index contributed by atoms with van der Waals surface area (Å²) >= 11 is 6.26. The Morgan fingerprint density at radius 1 is 1.02 bits per heavy atom. The molecule has 0 bridgehead atoms. The Morgan fingerprint density at radius 3 is 2.56 bits per heavy atom. The van der Waals surface area contributed by atoms with Gasteiger partial charge in [0.15, 0.2) is 5.65 Å². The van der Waals surface area contributed by atoms with Crippen LogP contribution < -0.4 is 14.9 Å². The van der Waals surface area contributed by atoms with E-state index in [9.17, 15) is 23.3 Å². The van der Waals surface area contributed by atoms with E-state index in [0.717, 1.165) is 87.0 Å². The number of benzene rings is 3. The lowest BCUT2D eigenvalue weighted by atomic mass is 9.72. The van der Waals surface area contributed by atoms with Crippen LogP contribution in [0.2, 0.25) is 5.02 Å². The van der Waals surface area contributed by atoms with Crippen molar-refractivity contribution < 1.29 is 22.9 Å². The number of aromatic nitrogens is 4. The summed E-state index contributed by atoms with van der Waals surface area (Å²) in [5.41, 5.74) is 7.21. The number of ether oxygens (including phenoxy) is 1. The van der Waals surface area contributed by atoms with Crippen LogP contribution in [-0.4, -0.2) is 96.1 Å². The number of nitro benzene ring substituents is 1. The Bertz CT molecular complexity index is 2840. The molecule has 6 aromatic rings. The second-order valence-corrected chi connectivity index (χ2v) is 19.7. The molecule has 328 valence electrons. The summed E-state index contributed by atoms with van der Waals surface area (Å²) in [5.74, 6) is -0.626. The zero-order chi connectivity index (χ0) is 43.9. The number of carbonyl (C=O) groups is 1. The quantitative estimate of drug-likeness (QED) is 0.0796. The van der Waals surface area contributed by atoms with Gasteiger partial charge in [0.25, 0.3) is 21.6 Å². The molecule has 5 heterocycles. The van der Waals surface area contributed by atoms with E-state index in [-0.39, 0.29) is 22.6 Å². The largest absolute Gasteiger partial charge is 0.381 e. The first-order chi connectivity index (χ1) is 30.3. The molecule has 2 aliphatic heterocycles. The van der Waals surface area contributed by atoms with E-state index in [4.69, 9.17) is 16.3 Å².